The first-order valence-corrected chi connectivity index (χ1v) is 10.7. The van der Waals surface area contributed by atoms with Gasteiger partial charge in [-0.15, -0.1) is 0 Å². The Balaban J connectivity index is 1.32. The van der Waals surface area contributed by atoms with E-state index >= 15 is 0 Å². The summed E-state index contributed by atoms with van der Waals surface area (Å²) in [4.78, 5) is 22.6. The molecule has 4 rings (SSSR count). The molecular weight excluding hydrogens is 392 g/mol. The standard InChI is InChI=1S/C24H30N4O3/c1-24(2,3)31-22(29)16-5-7-17(8-6-16)25-18-11-13-28(14-12-18)23-26-20-10-9-19(30-4)15-21(20)27-23/h5-10,15,18,25H,11-14H2,1-4H3,(H,26,27). The highest BCUT2D eigenvalue weighted by molar-refractivity contribution is 5.90. The van der Waals surface area contributed by atoms with Crippen LogP contribution >= 0.6 is 0 Å². The summed E-state index contributed by atoms with van der Waals surface area (Å²) in [6.45, 7) is 7.45. The van der Waals surface area contributed by atoms with Crippen LogP contribution in [0.5, 0.6) is 5.75 Å². The van der Waals surface area contributed by atoms with Gasteiger partial charge in [-0.05, 0) is 70.0 Å². The number of hydrogen-bond acceptors (Lipinski definition) is 6. The van der Waals surface area contributed by atoms with Gasteiger partial charge in [-0.2, -0.15) is 0 Å². The van der Waals surface area contributed by atoms with Gasteiger partial charge in [-0.3, -0.25) is 0 Å². The van der Waals surface area contributed by atoms with E-state index < -0.39 is 5.60 Å². The fourth-order valence-electron chi connectivity index (χ4n) is 3.76. The number of imidazole rings is 1. The summed E-state index contributed by atoms with van der Waals surface area (Å²) in [5.41, 5.74) is 3.02. The number of aromatic amines is 1. The third kappa shape index (κ3) is 5.10. The first-order valence-electron chi connectivity index (χ1n) is 10.7. The highest BCUT2D eigenvalue weighted by atomic mass is 16.6. The van der Waals surface area contributed by atoms with E-state index in [9.17, 15) is 4.79 Å². The molecule has 1 aromatic heterocycles. The van der Waals surface area contributed by atoms with Crippen LogP contribution in [-0.4, -0.2) is 47.8 Å². The molecule has 0 unspecified atom stereocenters. The van der Waals surface area contributed by atoms with Crippen molar-refractivity contribution in [2.45, 2.75) is 45.3 Å². The number of esters is 1. The number of fused-ring (bicyclic) bond motifs is 1. The van der Waals surface area contributed by atoms with Gasteiger partial charge in [0.05, 0.1) is 23.7 Å². The van der Waals surface area contributed by atoms with Crippen LogP contribution in [0.25, 0.3) is 11.0 Å². The minimum Gasteiger partial charge on any atom is -0.497 e. The Morgan fingerprint density at radius 3 is 2.48 bits per heavy atom. The SMILES string of the molecule is COc1ccc2nc(N3CCC(Nc4ccc(C(=O)OC(C)(C)C)cc4)CC3)[nH]c2c1. The molecule has 0 amide bonds. The molecule has 3 aromatic rings. The molecule has 2 heterocycles. The molecule has 0 spiro atoms. The summed E-state index contributed by atoms with van der Waals surface area (Å²) < 4.78 is 10.7. The maximum absolute atomic E-state index is 12.2. The van der Waals surface area contributed by atoms with Crippen molar-refractivity contribution in [2.75, 3.05) is 30.4 Å². The third-order valence-electron chi connectivity index (χ3n) is 5.36. The van der Waals surface area contributed by atoms with Crippen LogP contribution in [0.1, 0.15) is 44.0 Å². The van der Waals surface area contributed by atoms with Crippen molar-refractivity contribution < 1.29 is 14.3 Å². The fourth-order valence-corrected chi connectivity index (χ4v) is 3.76. The Hall–Kier alpha value is -3.22. The van der Waals surface area contributed by atoms with Crippen LogP contribution < -0.4 is 15.0 Å². The van der Waals surface area contributed by atoms with Gasteiger partial charge in [0.1, 0.15) is 11.4 Å². The van der Waals surface area contributed by atoms with Gasteiger partial charge >= 0.3 is 5.97 Å². The van der Waals surface area contributed by atoms with Crippen molar-refractivity contribution in [3.05, 3.63) is 48.0 Å². The number of aromatic nitrogens is 2. The summed E-state index contributed by atoms with van der Waals surface area (Å²) in [5, 5.41) is 3.58. The highest BCUT2D eigenvalue weighted by Crippen LogP contribution is 2.25. The first-order chi connectivity index (χ1) is 14.8. The topological polar surface area (TPSA) is 79.5 Å². The largest absolute Gasteiger partial charge is 0.497 e. The molecule has 2 aromatic carbocycles. The number of hydrogen-bond donors (Lipinski definition) is 2. The number of benzene rings is 2. The molecule has 1 aliphatic heterocycles. The number of carbonyl (C=O) groups excluding carboxylic acids is 1. The van der Waals surface area contributed by atoms with E-state index in [0.29, 0.717) is 11.6 Å². The minimum atomic E-state index is -0.492. The molecule has 0 aliphatic carbocycles. The second kappa shape index (κ2) is 8.49. The fraction of sp³-hybridized carbons (Fsp3) is 0.417. The summed E-state index contributed by atoms with van der Waals surface area (Å²) >= 11 is 0. The van der Waals surface area contributed by atoms with Gasteiger partial charge in [-0.25, -0.2) is 9.78 Å². The van der Waals surface area contributed by atoms with E-state index in [1.807, 2.05) is 63.2 Å². The monoisotopic (exact) mass is 422 g/mol. The second-order valence-electron chi connectivity index (χ2n) is 8.93. The third-order valence-corrected chi connectivity index (χ3v) is 5.36. The maximum Gasteiger partial charge on any atom is 0.338 e. The van der Waals surface area contributed by atoms with Crippen LogP contribution in [0, 0.1) is 0 Å². The number of carbonyl (C=O) groups is 1. The predicted octanol–water partition coefficient (Wildman–Crippen LogP) is 4.61. The van der Waals surface area contributed by atoms with Crippen LogP contribution in [0.3, 0.4) is 0 Å². The van der Waals surface area contributed by atoms with Crippen molar-refractivity contribution in [3.63, 3.8) is 0 Å². The van der Waals surface area contributed by atoms with Gasteiger partial charge in [0, 0.05) is 30.9 Å². The van der Waals surface area contributed by atoms with Crippen molar-refractivity contribution in [1.82, 2.24) is 9.97 Å². The van der Waals surface area contributed by atoms with Crippen molar-refractivity contribution >= 4 is 28.6 Å². The van der Waals surface area contributed by atoms with E-state index in [4.69, 9.17) is 14.5 Å². The Labute approximate surface area is 182 Å². The molecule has 7 nitrogen and oxygen atoms in total. The Morgan fingerprint density at radius 2 is 1.84 bits per heavy atom. The molecular formula is C24H30N4O3. The summed E-state index contributed by atoms with van der Waals surface area (Å²) in [7, 11) is 1.67. The molecule has 1 fully saturated rings. The van der Waals surface area contributed by atoms with Gasteiger partial charge < -0.3 is 24.7 Å². The first kappa shape index (κ1) is 21.0. The number of ether oxygens (including phenoxy) is 2. The highest BCUT2D eigenvalue weighted by Gasteiger charge is 2.22. The number of nitrogens with zero attached hydrogens (tertiary/aromatic N) is 2. The minimum absolute atomic E-state index is 0.296. The molecule has 0 atom stereocenters. The smallest absolute Gasteiger partial charge is 0.338 e. The van der Waals surface area contributed by atoms with E-state index in [0.717, 1.165) is 54.3 Å². The quantitative estimate of drug-likeness (QED) is 0.585. The molecule has 31 heavy (non-hydrogen) atoms. The average Bonchev–Trinajstić information content (AvgIpc) is 3.17. The maximum atomic E-state index is 12.2. The van der Waals surface area contributed by atoms with Gasteiger partial charge in [0.15, 0.2) is 0 Å². The van der Waals surface area contributed by atoms with Crippen LogP contribution in [0.2, 0.25) is 0 Å². The zero-order valence-electron chi connectivity index (χ0n) is 18.6. The normalized spacial score (nSPS) is 15.2. The van der Waals surface area contributed by atoms with Gasteiger partial charge in [0.25, 0.3) is 0 Å². The lowest BCUT2D eigenvalue weighted by Crippen LogP contribution is -2.39. The van der Waals surface area contributed by atoms with Crippen LogP contribution in [0.4, 0.5) is 11.6 Å². The predicted molar refractivity (Wildman–Crippen MR) is 123 cm³/mol. The number of nitrogens with one attached hydrogen (secondary N) is 2. The Kier molecular flexibility index (Phi) is 5.76. The molecule has 0 saturated carbocycles. The van der Waals surface area contributed by atoms with E-state index in [2.05, 4.69) is 15.2 Å². The summed E-state index contributed by atoms with van der Waals surface area (Å²) in [6, 6.07) is 13.8. The molecule has 0 bridgehead atoms. The average molecular weight is 423 g/mol. The number of methoxy groups -OCH3 is 1. The number of piperidine rings is 1. The molecule has 2 N–H and O–H groups in total. The zero-order valence-corrected chi connectivity index (χ0v) is 18.6. The van der Waals surface area contributed by atoms with Gasteiger partial charge in [0.2, 0.25) is 5.95 Å². The molecule has 7 heteroatoms. The zero-order chi connectivity index (χ0) is 22.0. The molecule has 1 aliphatic rings. The van der Waals surface area contributed by atoms with Crippen LogP contribution in [0.15, 0.2) is 42.5 Å². The Bertz CT molecular complexity index is 1040. The van der Waals surface area contributed by atoms with E-state index in [-0.39, 0.29) is 5.97 Å². The lowest BCUT2D eigenvalue weighted by atomic mass is 10.0. The second-order valence-corrected chi connectivity index (χ2v) is 8.93. The number of H-pyrrole nitrogens is 1. The molecule has 0 radical (unpaired) electrons. The lowest BCUT2D eigenvalue weighted by molar-refractivity contribution is 0.00695. The summed E-state index contributed by atoms with van der Waals surface area (Å²) in [6.07, 6.45) is 2.02. The Morgan fingerprint density at radius 1 is 1.13 bits per heavy atom. The lowest BCUT2D eigenvalue weighted by Gasteiger charge is -2.32. The van der Waals surface area contributed by atoms with Crippen molar-refractivity contribution in [2.24, 2.45) is 0 Å². The van der Waals surface area contributed by atoms with Crippen molar-refractivity contribution in [3.8, 4) is 5.75 Å². The molecule has 164 valence electrons. The van der Waals surface area contributed by atoms with E-state index in [1.54, 1.807) is 7.11 Å². The van der Waals surface area contributed by atoms with Crippen LogP contribution in [-0.2, 0) is 4.74 Å². The van der Waals surface area contributed by atoms with Gasteiger partial charge in [-0.1, -0.05) is 0 Å². The summed E-state index contributed by atoms with van der Waals surface area (Å²) in [5.74, 6) is 1.43. The van der Waals surface area contributed by atoms with Crippen molar-refractivity contribution in [1.29, 1.82) is 0 Å². The molecule has 1 saturated heterocycles. The number of anilines is 2. The van der Waals surface area contributed by atoms with E-state index in [1.165, 1.54) is 0 Å². The number of rotatable bonds is 5.